The number of benzene rings is 1. The van der Waals surface area contributed by atoms with Gasteiger partial charge < -0.3 is 19.9 Å². The second-order valence-electron chi connectivity index (χ2n) is 7.87. The maximum Gasteiger partial charge on any atom is 0.318 e. The lowest BCUT2D eigenvalue weighted by Crippen LogP contribution is -2.50. The minimum Gasteiger partial charge on any atom is -0.491 e. The maximum atomic E-state index is 13.3. The number of hydrogen-bond donors (Lipinski definition) is 1. The predicted octanol–water partition coefficient (Wildman–Crippen LogP) is 3.84. The fourth-order valence-electron chi connectivity index (χ4n) is 3.89. The van der Waals surface area contributed by atoms with Crippen molar-refractivity contribution in [1.82, 2.24) is 15.1 Å². The van der Waals surface area contributed by atoms with Gasteiger partial charge in [-0.3, -0.25) is 4.79 Å². The third-order valence-corrected chi connectivity index (χ3v) is 6.64. The van der Waals surface area contributed by atoms with Gasteiger partial charge in [-0.15, -0.1) is 11.3 Å². The van der Waals surface area contributed by atoms with Crippen LogP contribution in [0, 0.1) is 0 Å². The van der Waals surface area contributed by atoms with Gasteiger partial charge in [0.25, 0.3) is 0 Å². The fraction of sp³-hybridized carbons (Fsp3) is 0.478. The van der Waals surface area contributed by atoms with E-state index in [-0.39, 0.29) is 30.6 Å². The van der Waals surface area contributed by atoms with E-state index in [4.69, 9.17) is 4.74 Å². The van der Waals surface area contributed by atoms with Crippen LogP contribution in [0.3, 0.4) is 0 Å². The molecule has 1 aromatic carbocycles. The molecule has 1 aliphatic heterocycles. The van der Waals surface area contributed by atoms with Gasteiger partial charge in [-0.1, -0.05) is 25.1 Å². The number of nitrogens with zero attached hydrogens (tertiary/aromatic N) is 2. The summed E-state index contributed by atoms with van der Waals surface area (Å²) in [7, 11) is 0. The van der Waals surface area contributed by atoms with Crippen LogP contribution in [-0.4, -0.2) is 54.0 Å². The van der Waals surface area contributed by atoms with Crippen LogP contribution in [0.15, 0.2) is 41.8 Å². The Morgan fingerprint density at radius 1 is 1.23 bits per heavy atom. The number of carbonyl (C=O) groups excluding carboxylic acids is 2. The van der Waals surface area contributed by atoms with Gasteiger partial charge in [0.15, 0.2) is 0 Å². The fourth-order valence-corrected chi connectivity index (χ4v) is 4.82. The third-order valence-electron chi connectivity index (χ3n) is 5.65. The van der Waals surface area contributed by atoms with E-state index in [1.807, 2.05) is 42.2 Å². The van der Waals surface area contributed by atoms with Crippen molar-refractivity contribution in [1.29, 1.82) is 0 Å². The Morgan fingerprint density at radius 2 is 2.03 bits per heavy atom. The molecule has 0 saturated heterocycles. The molecule has 2 heterocycles. The largest absolute Gasteiger partial charge is 0.491 e. The summed E-state index contributed by atoms with van der Waals surface area (Å²) < 4.78 is 6.04. The number of para-hydroxylation sites is 1. The van der Waals surface area contributed by atoms with Crippen molar-refractivity contribution < 1.29 is 14.3 Å². The highest BCUT2D eigenvalue weighted by Crippen LogP contribution is 2.34. The van der Waals surface area contributed by atoms with Crippen LogP contribution in [0.5, 0.6) is 5.75 Å². The van der Waals surface area contributed by atoms with Crippen LogP contribution >= 0.6 is 11.3 Å². The Kier molecular flexibility index (Phi) is 6.57. The first-order valence-electron chi connectivity index (χ1n) is 10.8. The lowest BCUT2D eigenvalue weighted by Gasteiger charge is -2.37. The molecule has 0 bridgehead atoms. The Morgan fingerprint density at radius 3 is 2.77 bits per heavy atom. The smallest absolute Gasteiger partial charge is 0.318 e. The number of nitrogens with one attached hydrogen (secondary N) is 1. The van der Waals surface area contributed by atoms with E-state index < -0.39 is 0 Å². The van der Waals surface area contributed by atoms with E-state index in [2.05, 4.69) is 16.8 Å². The van der Waals surface area contributed by atoms with E-state index in [9.17, 15) is 9.59 Å². The summed E-state index contributed by atoms with van der Waals surface area (Å²) in [4.78, 5) is 30.8. The Labute approximate surface area is 181 Å². The molecule has 3 amide bonds. The number of carbonyl (C=O) groups is 2. The molecule has 1 saturated carbocycles. The highest BCUT2D eigenvalue weighted by Gasteiger charge is 2.37. The summed E-state index contributed by atoms with van der Waals surface area (Å²) in [5, 5.41) is 5.01. The first-order valence-corrected chi connectivity index (χ1v) is 11.6. The minimum absolute atomic E-state index is 0.00735. The van der Waals surface area contributed by atoms with Crippen LogP contribution in [0.25, 0.3) is 0 Å². The molecule has 2 aliphatic rings. The molecular formula is C23H29N3O3S. The maximum absolute atomic E-state index is 13.3. The number of fused-ring (bicyclic) bond motifs is 1. The van der Waals surface area contributed by atoms with Gasteiger partial charge >= 0.3 is 6.03 Å². The highest BCUT2D eigenvalue weighted by atomic mass is 32.1. The molecule has 4 rings (SSSR count). The third kappa shape index (κ3) is 4.78. The Hall–Kier alpha value is -2.54. The molecule has 1 atom stereocenters. The van der Waals surface area contributed by atoms with Crippen molar-refractivity contribution in [3.05, 3.63) is 52.2 Å². The molecule has 7 heteroatoms. The number of rotatable bonds is 8. The molecular weight excluding hydrogens is 398 g/mol. The zero-order valence-corrected chi connectivity index (χ0v) is 18.2. The van der Waals surface area contributed by atoms with Crippen molar-refractivity contribution in [3.8, 4) is 5.75 Å². The van der Waals surface area contributed by atoms with Crippen molar-refractivity contribution in [2.24, 2.45) is 0 Å². The van der Waals surface area contributed by atoms with Crippen molar-refractivity contribution in [2.45, 2.75) is 44.7 Å². The van der Waals surface area contributed by atoms with Crippen LogP contribution < -0.4 is 10.1 Å². The van der Waals surface area contributed by atoms with Gasteiger partial charge in [-0.25, -0.2) is 4.79 Å². The Bertz CT molecular complexity index is 866. The summed E-state index contributed by atoms with van der Waals surface area (Å²) in [6.07, 6.45) is 3.68. The summed E-state index contributed by atoms with van der Waals surface area (Å²) in [6, 6.07) is 11.7. The van der Waals surface area contributed by atoms with Crippen molar-refractivity contribution >= 4 is 23.3 Å². The predicted molar refractivity (Wildman–Crippen MR) is 118 cm³/mol. The molecule has 2 aromatic rings. The van der Waals surface area contributed by atoms with Gasteiger partial charge in [0, 0.05) is 24.0 Å². The molecule has 1 aliphatic carbocycles. The summed E-state index contributed by atoms with van der Waals surface area (Å²) in [6.45, 7) is 3.85. The SMILES string of the molecule is CCCNC(=O)N(CC(=O)N1CCc2sccc2C1COc1ccccc1)C1CC1. The van der Waals surface area contributed by atoms with Crippen molar-refractivity contribution in [2.75, 3.05) is 26.2 Å². The van der Waals surface area contributed by atoms with E-state index in [0.29, 0.717) is 19.7 Å². The standard InChI is InChI=1S/C23H29N3O3S/c1-2-12-24-23(28)26(17-8-9-17)15-22(27)25-13-10-21-19(11-14-30-21)20(25)16-29-18-6-4-3-5-7-18/h3-7,11,14,17,20H,2,8-10,12-13,15-16H2,1H3,(H,24,28). The van der Waals surface area contributed by atoms with Crippen LogP contribution in [-0.2, 0) is 11.2 Å². The first-order chi connectivity index (χ1) is 14.7. The van der Waals surface area contributed by atoms with E-state index >= 15 is 0 Å². The lowest BCUT2D eigenvalue weighted by molar-refractivity contribution is -0.135. The zero-order chi connectivity index (χ0) is 20.9. The van der Waals surface area contributed by atoms with Crippen molar-refractivity contribution in [3.63, 3.8) is 0 Å². The molecule has 30 heavy (non-hydrogen) atoms. The Balaban J connectivity index is 1.47. The van der Waals surface area contributed by atoms with Gasteiger partial charge in [0.2, 0.25) is 5.91 Å². The average molecular weight is 428 g/mol. The van der Waals surface area contributed by atoms with Gasteiger partial charge in [0.1, 0.15) is 18.9 Å². The molecule has 1 unspecified atom stereocenters. The first kappa shape index (κ1) is 20.7. The topological polar surface area (TPSA) is 61.9 Å². The minimum atomic E-state index is -0.132. The number of hydrogen-bond acceptors (Lipinski definition) is 4. The normalized spacial score (nSPS) is 17.9. The van der Waals surface area contributed by atoms with Crippen LogP contribution in [0.4, 0.5) is 4.79 Å². The van der Waals surface area contributed by atoms with E-state index in [1.165, 1.54) is 10.4 Å². The highest BCUT2D eigenvalue weighted by molar-refractivity contribution is 7.10. The average Bonchev–Trinajstić information content (AvgIpc) is 3.50. The van der Waals surface area contributed by atoms with E-state index in [0.717, 1.165) is 31.4 Å². The summed E-state index contributed by atoms with van der Waals surface area (Å²) >= 11 is 1.74. The van der Waals surface area contributed by atoms with Crippen LogP contribution in [0.1, 0.15) is 42.7 Å². The van der Waals surface area contributed by atoms with Gasteiger partial charge in [-0.2, -0.15) is 0 Å². The molecule has 6 nitrogen and oxygen atoms in total. The number of amides is 3. The molecule has 160 valence electrons. The molecule has 1 fully saturated rings. The number of ether oxygens (including phenoxy) is 1. The van der Waals surface area contributed by atoms with Crippen LogP contribution in [0.2, 0.25) is 0 Å². The van der Waals surface area contributed by atoms with E-state index in [1.54, 1.807) is 16.2 Å². The molecule has 1 aromatic heterocycles. The summed E-state index contributed by atoms with van der Waals surface area (Å²) in [5.41, 5.74) is 1.17. The van der Waals surface area contributed by atoms with Gasteiger partial charge in [-0.05, 0) is 54.8 Å². The number of thiophene rings is 1. The van der Waals surface area contributed by atoms with Gasteiger partial charge in [0.05, 0.1) is 6.04 Å². The zero-order valence-electron chi connectivity index (χ0n) is 17.4. The monoisotopic (exact) mass is 427 g/mol. The second-order valence-corrected chi connectivity index (χ2v) is 8.87. The lowest BCUT2D eigenvalue weighted by atomic mass is 10.0. The quantitative estimate of drug-likeness (QED) is 0.696. The second kappa shape index (κ2) is 9.51. The molecule has 1 N–H and O–H groups in total. The number of urea groups is 1. The molecule has 0 spiro atoms. The molecule has 0 radical (unpaired) electrons. The summed E-state index contributed by atoms with van der Waals surface area (Å²) in [5.74, 6) is 0.790.